The Labute approximate surface area is 126 Å². The summed E-state index contributed by atoms with van der Waals surface area (Å²) in [5.74, 6) is 1.81. The van der Waals surface area contributed by atoms with Crippen molar-refractivity contribution in [3.05, 3.63) is 53.6 Å². The maximum Gasteiger partial charge on any atom is 0.121 e. The van der Waals surface area contributed by atoms with Crippen molar-refractivity contribution in [3.8, 4) is 11.5 Å². The lowest BCUT2D eigenvalue weighted by molar-refractivity contribution is 0.332. The molecule has 1 N–H and O–H groups in total. The molecule has 0 aliphatic rings. The average molecular weight is 285 g/mol. The predicted octanol–water partition coefficient (Wildman–Crippen LogP) is 4.19. The monoisotopic (exact) mass is 285 g/mol. The number of benzene rings is 2. The predicted molar refractivity (Wildman–Crippen MR) is 87.5 cm³/mol. The van der Waals surface area contributed by atoms with E-state index in [1.807, 2.05) is 31.2 Å². The van der Waals surface area contributed by atoms with Crippen LogP contribution in [0.15, 0.2) is 42.5 Å². The van der Waals surface area contributed by atoms with E-state index in [9.17, 15) is 0 Å². The molecule has 0 radical (unpaired) electrons. The third kappa shape index (κ3) is 5.03. The van der Waals surface area contributed by atoms with Crippen molar-refractivity contribution < 1.29 is 9.47 Å². The molecule has 0 amide bonds. The molecule has 0 aliphatic heterocycles. The maximum absolute atomic E-state index is 5.77. The van der Waals surface area contributed by atoms with Gasteiger partial charge in [-0.3, -0.25) is 0 Å². The third-order valence-corrected chi connectivity index (χ3v) is 3.04. The highest BCUT2D eigenvalue weighted by atomic mass is 16.5. The van der Waals surface area contributed by atoms with Crippen LogP contribution >= 0.6 is 0 Å². The first-order valence-electron chi connectivity index (χ1n) is 7.35. The molecule has 0 saturated heterocycles. The Balaban J connectivity index is 1.80. The molecule has 0 heterocycles. The van der Waals surface area contributed by atoms with E-state index in [0.29, 0.717) is 13.2 Å². The van der Waals surface area contributed by atoms with Crippen LogP contribution in [-0.2, 0) is 0 Å². The molecule has 0 bridgehead atoms. The molecule has 112 valence electrons. The lowest BCUT2D eigenvalue weighted by Crippen LogP contribution is -2.11. The minimum absolute atomic E-state index is 0.627. The first-order chi connectivity index (χ1) is 10.2. The van der Waals surface area contributed by atoms with Crippen LogP contribution in [0.1, 0.15) is 18.1 Å². The fourth-order valence-electron chi connectivity index (χ4n) is 2.24. The fourth-order valence-corrected chi connectivity index (χ4v) is 2.24. The molecule has 0 unspecified atom stereocenters. The Morgan fingerprint density at radius 3 is 2.38 bits per heavy atom. The topological polar surface area (TPSA) is 30.5 Å². The van der Waals surface area contributed by atoms with Gasteiger partial charge in [0.1, 0.15) is 18.1 Å². The van der Waals surface area contributed by atoms with Crippen molar-refractivity contribution in [1.82, 2.24) is 0 Å². The van der Waals surface area contributed by atoms with Gasteiger partial charge in [-0.15, -0.1) is 0 Å². The van der Waals surface area contributed by atoms with Crippen molar-refractivity contribution in [3.63, 3.8) is 0 Å². The van der Waals surface area contributed by atoms with Gasteiger partial charge in [0.25, 0.3) is 0 Å². The minimum Gasteiger partial charge on any atom is -0.494 e. The Kier molecular flexibility index (Phi) is 5.50. The molecule has 2 aromatic carbocycles. The molecule has 21 heavy (non-hydrogen) atoms. The summed E-state index contributed by atoms with van der Waals surface area (Å²) in [5.41, 5.74) is 3.50. The summed E-state index contributed by atoms with van der Waals surface area (Å²) < 4.78 is 11.3. The second kappa shape index (κ2) is 7.58. The first kappa shape index (κ1) is 15.2. The number of ether oxygens (including phenoxy) is 2. The molecule has 0 atom stereocenters. The van der Waals surface area contributed by atoms with Gasteiger partial charge in [-0.1, -0.05) is 12.1 Å². The van der Waals surface area contributed by atoms with Crippen molar-refractivity contribution in [2.45, 2.75) is 20.8 Å². The number of nitrogens with one attached hydrogen (secondary N) is 1. The quantitative estimate of drug-likeness (QED) is 0.774. The summed E-state index contributed by atoms with van der Waals surface area (Å²) in [7, 11) is 0. The molecule has 3 nitrogen and oxygen atoms in total. The molecule has 2 aromatic rings. The van der Waals surface area contributed by atoms with E-state index in [1.165, 1.54) is 11.1 Å². The van der Waals surface area contributed by atoms with E-state index in [1.54, 1.807) is 0 Å². The fraction of sp³-hybridized carbons (Fsp3) is 0.333. The van der Waals surface area contributed by atoms with Crippen LogP contribution in [0.3, 0.4) is 0 Å². The van der Waals surface area contributed by atoms with Crippen LogP contribution in [0.5, 0.6) is 11.5 Å². The highest BCUT2D eigenvalue weighted by molar-refractivity contribution is 5.48. The zero-order valence-corrected chi connectivity index (χ0v) is 13.0. The molecular formula is C18H23NO2. The highest BCUT2D eigenvalue weighted by Crippen LogP contribution is 2.18. The Morgan fingerprint density at radius 2 is 1.67 bits per heavy atom. The lowest BCUT2D eigenvalue weighted by Gasteiger charge is -2.11. The van der Waals surface area contributed by atoms with Gasteiger partial charge >= 0.3 is 0 Å². The van der Waals surface area contributed by atoms with E-state index in [-0.39, 0.29) is 0 Å². The molecule has 0 fully saturated rings. The van der Waals surface area contributed by atoms with Crippen molar-refractivity contribution in [1.29, 1.82) is 0 Å². The van der Waals surface area contributed by atoms with E-state index in [4.69, 9.17) is 9.47 Å². The first-order valence-corrected chi connectivity index (χ1v) is 7.35. The van der Waals surface area contributed by atoms with E-state index < -0.39 is 0 Å². The summed E-state index contributed by atoms with van der Waals surface area (Å²) in [5, 5.41) is 3.34. The van der Waals surface area contributed by atoms with Crippen LogP contribution in [0.25, 0.3) is 0 Å². The van der Waals surface area contributed by atoms with Crippen molar-refractivity contribution in [2.75, 3.05) is 25.1 Å². The van der Waals surface area contributed by atoms with Crippen molar-refractivity contribution in [2.24, 2.45) is 0 Å². The highest BCUT2D eigenvalue weighted by Gasteiger charge is 1.98. The number of rotatable bonds is 7. The second-order valence-corrected chi connectivity index (χ2v) is 5.06. The SMILES string of the molecule is CCOc1cccc(NCCOc2cc(C)cc(C)c2)c1. The zero-order chi connectivity index (χ0) is 15.1. The molecule has 3 heteroatoms. The minimum atomic E-state index is 0.627. The van der Waals surface area contributed by atoms with E-state index >= 15 is 0 Å². The third-order valence-electron chi connectivity index (χ3n) is 3.04. The summed E-state index contributed by atoms with van der Waals surface area (Å²) in [4.78, 5) is 0. The molecule has 2 rings (SSSR count). The Morgan fingerprint density at radius 1 is 0.905 bits per heavy atom. The largest absolute Gasteiger partial charge is 0.494 e. The summed E-state index contributed by atoms with van der Waals surface area (Å²) in [6.07, 6.45) is 0. The van der Waals surface area contributed by atoms with Crippen LogP contribution in [-0.4, -0.2) is 19.8 Å². The smallest absolute Gasteiger partial charge is 0.121 e. The van der Waals surface area contributed by atoms with Gasteiger partial charge in [-0.2, -0.15) is 0 Å². The van der Waals surface area contributed by atoms with Crippen molar-refractivity contribution >= 4 is 5.69 Å². The average Bonchev–Trinajstić information content (AvgIpc) is 2.43. The molecule has 0 spiro atoms. The molecule has 0 aliphatic carbocycles. The number of hydrogen-bond donors (Lipinski definition) is 1. The normalized spacial score (nSPS) is 10.2. The van der Waals surface area contributed by atoms with Crippen LogP contribution in [0, 0.1) is 13.8 Å². The number of anilines is 1. The van der Waals surface area contributed by atoms with Crippen LogP contribution < -0.4 is 14.8 Å². The van der Waals surface area contributed by atoms with Crippen LogP contribution in [0.4, 0.5) is 5.69 Å². The van der Waals surface area contributed by atoms with Crippen LogP contribution in [0.2, 0.25) is 0 Å². The van der Waals surface area contributed by atoms with Gasteiger partial charge in [-0.05, 0) is 56.2 Å². The molecular weight excluding hydrogens is 262 g/mol. The Hall–Kier alpha value is -2.16. The summed E-state index contributed by atoms with van der Waals surface area (Å²) >= 11 is 0. The number of hydrogen-bond acceptors (Lipinski definition) is 3. The zero-order valence-electron chi connectivity index (χ0n) is 13.0. The molecule has 0 aromatic heterocycles. The van der Waals surface area contributed by atoms with Gasteiger partial charge in [0, 0.05) is 18.3 Å². The maximum atomic E-state index is 5.77. The lowest BCUT2D eigenvalue weighted by atomic mass is 10.1. The standard InChI is InChI=1S/C18H23NO2/c1-4-20-17-7-5-6-16(13-17)19-8-9-21-18-11-14(2)10-15(3)12-18/h5-7,10-13,19H,4,8-9H2,1-3H3. The van der Waals surface area contributed by atoms with Gasteiger partial charge < -0.3 is 14.8 Å². The molecule has 0 saturated carbocycles. The second-order valence-electron chi connectivity index (χ2n) is 5.06. The summed E-state index contributed by atoms with van der Waals surface area (Å²) in [6, 6.07) is 14.2. The van der Waals surface area contributed by atoms with Gasteiger partial charge in [0.2, 0.25) is 0 Å². The Bertz CT molecular complexity index is 561. The van der Waals surface area contributed by atoms with E-state index in [2.05, 4.69) is 37.4 Å². The van der Waals surface area contributed by atoms with Gasteiger partial charge in [0.15, 0.2) is 0 Å². The van der Waals surface area contributed by atoms with Gasteiger partial charge in [0.05, 0.1) is 6.61 Å². The number of aryl methyl sites for hydroxylation is 2. The summed E-state index contributed by atoms with van der Waals surface area (Å²) in [6.45, 7) is 8.20. The van der Waals surface area contributed by atoms with E-state index in [0.717, 1.165) is 23.7 Å². The van der Waals surface area contributed by atoms with Gasteiger partial charge in [-0.25, -0.2) is 0 Å².